The summed E-state index contributed by atoms with van der Waals surface area (Å²) >= 11 is 0. The second-order valence-electron chi connectivity index (χ2n) is 4.92. The molecule has 0 aromatic carbocycles. The lowest BCUT2D eigenvalue weighted by Gasteiger charge is -2.31. The van der Waals surface area contributed by atoms with Gasteiger partial charge in [0.25, 0.3) is 0 Å². The summed E-state index contributed by atoms with van der Waals surface area (Å²) in [6, 6.07) is 0. The van der Waals surface area contributed by atoms with Gasteiger partial charge in [0.15, 0.2) is 0 Å². The van der Waals surface area contributed by atoms with Crippen LogP contribution in [0.2, 0.25) is 0 Å². The molecule has 0 radical (unpaired) electrons. The van der Waals surface area contributed by atoms with Gasteiger partial charge in [0.2, 0.25) is 0 Å². The fraction of sp³-hybridized carbons (Fsp3) is 0.643. The third-order valence-corrected chi connectivity index (χ3v) is 3.66. The number of carboxylic acids is 1. The van der Waals surface area contributed by atoms with Gasteiger partial charge in [-0.3, -0.25) is 9.69 Å². The second kappa shape index (κ2) is 5.50. The number of rotatable bonds is 4. The van der Waals surface area contributed by atoms with Crippen molar-refractivity contribution in [3.05, 3.63) is 23.3 Å². The lowest BCUT2D eigenvalue weighted by atomic mass is 9.95. The third kappa shape index (κ3) is 2.60. The van der Waals surface area contributed by atoms with E-state index in [2.05, 4.69) is 19.1 Å². The van der Waals surface area contributed by atoms with Crippen LogP contribution in [0.1, 0.15) is 39.5 Å². The van der Waals surface area contributed by atoms with Crippen LogP contribution >= 0.6 is 0 Å². The quantitative estimate of drug-likeness (QED) is 0.817. The van der Waals surface area contributed by atoms with Gasteiger partial charge in [-0.25, -0.2) is 0 Å². The van der Waals surface area contributed by atoms with Crippen LogP contribution < -0.4 is 0 Å². The van der Waals surface area contributed by atoms with E-state index in [1.165, 1.54) is 11.1 Å². The van der Waals surface area contributed by atoms with Crippen LogP contribution in [0.25, 0.3) is 0 Å². The van der Waals surface area contributed by atoms with Crippen molar-refractivity contribution in [2.45, 2.75) is 45.1 Å². The van der Waals surface area contributed by atoms with E-state index >= 15 is 0 Å². The molecule has 17 heavy (non-hydrogen) atoms. The molecule has 1 aliphatic carbocycles. The number of nitrogens with zero attached hydrogens (tertiary/aromatic N) is 1. The number of unbranched alkanes of at least 4 members (excludes halogenated alkanes) is 1. The van der Waals surface area contributed by atoms with Crippen LogP contribution in [0.4, 0.5) is 0 Å². The molecular formula is C14H23NO2. The number of carbonyl (C=O) groups is 1. The fourth-order valence-electron chi connectivity index (χ4n) is 2.39. The molecule has 1 fully saturated rings. The molecule has 3 nitrogen and oxygen atoms in total. The Labute approximate surface area is 104 Å². The molecule has 0 aliphatic heterocycles. The van der Waals surface area contributed by atoms with Gasteiger partial charge in [-0.2, -0.15) is 0 Å². The summed E-state index contributed by atoms with van der Waals surface area (Å²) in [5.41, 5.74) is 1.65. The molecular weight excluding hydrogens is 214 g/mol. The first-order valence-electron chi connectivity index (χ1n) is 6.23. The summed E-state index contributed by atoms with van der Waals surface area (Å²) in [6.07, 6.45) is 7.61. The van der Waals surface area contributed by atoms with Crippen molar-refractivity contribution in [1.82, 2.24) is 4.90 Å². The maximum atomic E-state index is 11.5. The maximum Gasteiger partial charge on any atom is 0.324 e. The molecule has 1 aliphatic rings. The zero-order chi connectivity index (χ0) is 13.1. The van der Waals surface area contributed by atoms with E-state index in [1.807, 2.05) is 25.9 Å². The van der Waals surface area contributed by atoms with Gasteiger partial charge in [0.1, 0.15) is 5.54 Å². The Hall–Kier alpha value is -1.09. The first-order valence-corrected chi connectivity index (χ1v) is 6.23. The van der Waals surface area contributed by atoms with Crippen LogP contribution in [0, 0.1) is 0 Å². The predicted molar refractivity (Wildman–Crippen MR) is 70.0 cm³/mol. The Morgan fingerprint density at radius 2 is 2.00 bits per heavy atom. The lowest BCUT2D eigenvalue weighted by molar-refractivity contribution is -0.149. The van der Waals surface area contributed by atoms with Crippen molar-refractivity contribution >= 4 is 5.97 Å². The minimum absolute atomic E-state index is 0.612. The maximum absolute atomic E-state index is 11.5. The minimum atomic E-state index is -0.749. The number of hydrogen-bond donors (Lipinski definition) is 1. The number of likely N-dealkylation sites (N-methyl/N-ethyl adjacent to an activating group) is 1. The predicted octanol–water partition coefficient (Wildman–Crippen LogP) is 2.84. The van der Waals surface area contributed by atoms with Gasteiger partial charge in [-0.05, 0) is 38.6 Å². The van der Waals surface area contributed by atoms with Gasteiger partial charge in [-0.15, -0.1) is 0 Å². The summed E-state index contributed by atoms with van der Waals surface area (Å²) in [5.74, 6) is -0.721. The smallest absolute Gasteiger partial charge is 0.324 e. The Balaban J connectivity index is 3.06. The van der Waals surface area contributed by atoms with E-state index in [4.69, 9.17) is 0 Å². The number of allylic oxidation sites excluding steroid dienone is 2. The highest BCUT2D eigenvalue weighted by Crippen LogP contribution is 2.42. The summed E-state index contributed by atoms with van der Waals surface area (Å²) in [6.45, 7) is 4.13. The van der Waals surface area contributed by atoms with E-state index in [0.29, 0.717) is 12.8 Å². The van der Waals surface area contributed by atoms with Crippen LogP contribution in [0.3, 0.4) is 0 Å². The van der Waals surface area contributed by atoms with Crippen LogP contribution in [-0.4, -0.2) is 35.6 Å². The highest BCUT2D eigenvalue weighted by Gasteiger charge is 2.47. The molecule has 1 unspecified atom stereocenters. The average Bonchev–Trinajstić information content (AvgIpc) is 2.66. The molecule has 0 amide bonds. The Morgan fingerprint density at radius 1 is 1.41 bits per heavy atom. The van der Waals surface area contributed by atoms with E-state index in [-0.39, 0.29) is 0 Å². The molecule has 0 aromatic heterocycles. The van der Waals surface area contributed by atoms with Gasteiger partial charge < -0.3 is 5.11 Å². The van der Waals surface area contributed by atoms with Crippen LogP contribution in [0.5, 0.6) is 0 Å². The van der Waals surface area contributed by atoms with Crippen molar-refractivity contribution in [1.29, 1.82) is 0 Å². The van der Waals surface area contributed by atoms with Crippen molar-refractivity contribution in [2.24, 2.45) is 0 Å². The lowest BCUT2D eigenvalue weighted by Crippen LogP contribution is -2.48. The van der Waals surface area contributed by atoms with E-state index in [1.54, 1.807) is 0 Å². The monoisotopic (exact) mass is 237 g/mol. The number of hydrogen-bond acceptors (Lipinski definition) is 2. The molecule has 3 heteroatoms. The zero-order valence-corrected chi connectivity index (χ0v) is 11.3. The molecule has 0 heterocycles. The largest absolute Gasteiger partial charge is 0.480 e. The molecule has 1 saturated carbocycles. The molecule has 1 rings (SSSR count). The fourth-order valence-corrected chi connectivity index (χ4v) is 2.39. The number of carboxylic acid groups (broad SMARTS) is 1. The SMILES string of the molecule is CC=C1CC(C(=O)O)(N(C)C)CC1=CCCC. The van der Waals surface area contributed by atoms with Gasteiger partial charge >= 0.3 is 5.97 Å². The van der Waals surface area contributed by atoms with Crippen molar-refractivity contribution in [3.8, 4) is 0 Å². The Kier molecular flexibility index (Phi) is 4.52. The molecule has 0 bridgehead atoms. The molecule has 1 N–H and O–H groups in total. The zero-order valence-electron chi connectivity index (χ0n) is 11.3. The Morgan fingerprint density at radius 3 is 2.41 bits per heavy atom. The van der Waals surface area contributed by atoms with Crippen molar-refractivity contribution in [2.75, 3.05) is 14.1 Å². The molecule has 96 valence electrons. The third-order valence-electron chi connectivity index (χ3n) is 3.66. The topological polar surface area (TPSA) is 40.5 Å². The van der Waals surface area contributed by atoms with E-state index < -0.39 is 11.5 Å². The normalized spacial score (nSPS) is 29.5. The summed E-state index contributed by atoms with van der Waals surface area (Å²) in [4.78, 5) is 13.4. The molecule has 0 saturated heterocycles. The standard InChI is InChI=1S/C14H23NO2/c1-5-7-8-12-10-14(13(16)17,15(3)4)9-11(12)6-2/h6,8H,5,7,9-10H2,1-4H3,(H,16,17). The summed E-state index contributed by atoms with van der Waals surface area (Å²) < 4.78 is 0. The van der Waals surface area contributed by atoms with Gasteiger partial charge in [-0.1, -0.05) is 25.5 Å². The van der Waals surface area contributed by atoms with Gasteiger partial charge in [0.05, 0.1) is 0 Å². The number of aliphatic carboxylic acids is 1. The summed E-state index contributed by atoms with van der Waals surface area (Å²) in [7, 11) is 3.70. The highest BCUT2D eigenvalue weighted by molar-refractivity contribution is 5.82. The molecule has 0 aromatic rings. The molecule has 1 atom stereocenters. The highest BCUT2D eigenvalue weighted by atomic mass is 16.4. The Bertz CT molecular complexity index is 355. The second-order valence-corrected chi connectivity index (χ2v) is 4.92. The van der Waals surface area contributed by atoms with Gasteiger partial charge in [0, 0.05) is 12.8 Å². The minimum Gasteiger partial charge on any atom is -0.480 e. The van der Waals surface area contributed by atoms with Crippen molar-refractivity contribution < 1.29 is 9.90 Å². The first-order chi connectivity index (χ1) is 7.97. The summed E-state index contributed by atoms with van der Waals surface area (Å²) in [5, 5.41) is 9.49. The average molecular weight is 237 g/mol. The van der Waals surface area contributed by atoms with Crippen LogP contribution in [0.15, 0.2) is 23.3 Å². The molecule has 0 spiro atoms. The van der Waals surface area contributed by atoms with Crippen LogP contribution in [-0.2, 0) is 4.79 Å². The van der Waals surface area contributed by atoms with E-state index in [9.17, 15) is 9.90 Å². The van der Waals surface area contributed by atoms with E-state index in [0.717, 1.165) is 12.8 Å². The van der Waals surface area contributed by atoms with Crippen molar-refractivity contribution in [3.63, 3.8) is 0 Å². The first kappa shape index (κ1) is 14.0.